The molecule has 0 bridgehead atoms. The Morgan fingerprint density at radius 3 is 2.89 bits per heavy atom. The molecular formula is C11H9ClFN3O2. The normalized spacial score (nSPS) is 10.6. The van der Waals surface area contributed by atoms with Gasteiger partial charge in [0.05, 0.1) is 29.1 Å². The van der Waals surface area contributed by atoms with Gasteiger partial charge in [0.2, 0.25) is 0 Å². The van der Waals surface area contributed by atoms with Crippen LogP contribution in [0.25, 0.3) is 0 Å². The van der Waals surface area contributed by atoms with Crippen LogP contribution in [0, 0.1) is 15.9 Å². The third-order valence-corrected chi connectivity index (χ3v) is 2.72. The molecule has 0 unspecified atom stereocenters. The van der Waals surface area contributed by atoms with Gasteiger partial charge in [0.15, 0.2) is 0 Å². The third kappa shape index (κ3) is 2.65. The Morgan fingerprint density at radius 1 is 1.50 bits per heavy atom. The zero-order chi connectivity index (χ0) is 13.1. The first-order chi connectivity index (χ1) is 8.60. The van der Waals surface area contributed by atoms with Gasteiger partial charge in [-0.1, -0.05) is 0 Å². The summed E-state index contributed by atoms with van der Waals surface area (Å²) in [5, 5.41) is 14.8. The summed E-state index contributed by atoms with van der Waals surface area (Å²) < 4.78 is 14.6. The molecule has 7 heteroatoms. The van der Waals surface area contributed by atoms with Crippen LogP contribution in [0.2, 0.25) is 0 Å². The van der Waals surface area contributed by atoms with Gasteiger partial charge in [-0.15, -0.1) is 11.6 Å². The Morgan fingerprint density at radius 2 is 2.28 bits per heavy atom. The first-order valence-corrected chi connectivity index (χ1v) is 5.63. The quantitative estimate of drug-likeness (QED) is 0.487. The van der Waals surface area contributed by atoms with E-state index in [2.05, 4.69) is 5.10 Å². The van der Waals surface area contributed by atoms with Gasteiger partial charge in [0, 0.05) is 17.8 Å². The monoisotopic (exact) mass is 269 g/mol. The molecule has 2 rings (SSSR count). The van der Waals surface area contributed by atoms with Crippen molar-refractivity contribution in [2.75, 3.05) is 0 Å². The number of nitro groups is 1. The van der Waals surface area contributed by atoms with Crippen molar-refractivity contribution < 1.29 is 9.31 Å². The third-order valence-electron chi connectivity index (χ3n) is 2.41. The molecular weight excluding hydrogens is 261 g/mol. The van der Waals surface area contributed by atoms with Gasteiger partial charge in [-0.2, -0.15) is 5.10 Å². The molecule has 1 aromatic heterocycles. The van der Waals surface area contributed by atoms with E-state index >= 15 is 0 Å². The molecule has 18 heavy (non-hydrogen) atoms. The van der Waals surface area contributed by atoms with E-state index in [0.717, 1.165) is 23.8 Å². The van der Waals surface area contributed by atoms with E-state index in [1.54, 1.807) is 12.4 Å². The Kier molecular flexibility index (Phi) is 3.57. The van der Waals surface area contributed by atoms with Gasteiger partial charge in [-0.25, -0.2) is 4.39 Å². The van der Waals surface area contributed by atoms with Gasteiger partial charge < -0.3 is 0 Å². The molecule has 0 amide bonds. The van der Waals surface area contributed by atoms with Crippen molar-refractivity contribution in [2.45, 2.75) is 12.4 Å². The number of alkyl halides is 1. The van der Waals surface area contributed by atoms with Crippen LogP contribution in [0.5, 0.6) is 0 Å². The molecule has 1 aromatic carbocycles. The minimum atomic E-state index is -0.541. The summed E-state index contributed by atoms with van der Waals surface area (Å²) in [7, 11) is 0. The highest BCUT2D eigenvalue weighted by atomic mass is 35.5. The maximum absolute atomic E-state index is 13.1. The van der Waals surface area contributed by atoms with Crippen LogP contribution in [0.4, 0.5) is 10.1 Å². The van der Waals surface area contributed by atoms with E-state index < -0.39 is 10.7 Å². The van der Waals surface area contributed by atoms with Crippen molar-refractivity contribution >= 4 is 17.3 Å². The highest BCUT2D eigenvalue weighted by Crippen LogP contribution is 2.20. The second kappa shape index (κ2) is 5.14. The molecule has 0 aliphatic carbocycles. The Balaban J connectivity index is 2.32. The largest absolute Gasteiger partial charge is 0.274 e. The molecule has 0 fully saturated rings. The first-order valence-electron chi connectivity index (χ1n) is 5.10. The Hall–Kier alpha value is -1.95. The van der Waals surface area contributed by atoms with Gasteiger partial charge in [0.1, 0.15) is 5.82 Å². The maximum Gasteiger partial charge on any atom is 0.274 e. The molecule has 94 valence electrons. The standard InChI is InChI=1S/C11H9ClFN3O2/c12-4-8-5-14-15(6-8)7-9-3-10(13)1-2-11(9)16(17)18/h1-3,5-6H,4,7H2. The van der Waals surface area contributed by atoms with Crippen LogP contribution in [-0.4, -0.2) is 14.7 Å². The average Bonchev–Trinajstić information content (AvgIpc) is 2.76. The summed E-state index contributed by atoms with van der Waals surface area (Å²) in [6.07, 6.45) is 3.24. The highest BCUT2D eigenvalue weighted by molar-refractivity contribution is 6.17. The number of rotatable bonds is 4. The summed E-state index contributed by atoms with van der Waals surface area (Å²) in [5.41, 5.74) is 0.944. The minimum absolute atomic E-state index is 0.126. The number of hydrogen-bond acceptors (Lipinski definition) is 3. The van der Waals surface area contributed by atoms with E-state index in [-0.39, 0.29) is 17.8 Å². The molecule has 0 saturated heterocycles. The fraction of sp³-hybridized carbons (Fsp3) is 0.182. The van der Waals surface area contributed by atoms with Crippen molar-refractivity contribution in [1.82, 2.24) is 9.78 Å². The Bertz CT molecular complexity index is 585. The van der Waals surface area contributed by atoms with Gasteiger partial charge in [0.25, 0.3) is 5.69 Å². The van der Waals surface area contributed by atoms with E-state index in [4.69, 9.17) is 11.6 Å². The lowest BCUT2D eigenvalue weighted by Crippen LogP contribution is -2.04. The molecule has 0 radical (unpaired) electrons. The first kappa shape index (κ1) is 12.5. The molecule has 0 saturated carbocycles. The van der Waals surface area contributed by atoms with Gasteiger partial charge in [-0.3, -0.25) is 14.8 Å². The number of nitrogens with zero attached hydrogens (tertiary/aromatic N) is 3. The SMILES string of the molecule is O=[N+]([O-])c1ccc(F)cc1Cn1cc(CCl)cn1. The minimum Gasteiger partial charge on any atom is -0.268 e. The lowest BCUT2D eigenvalue weighted by atomic mass is 10.2. The molecule has 2 aromatic rings. The van der Waals surface area contributed by atoms with E-state index in [0.29, 0.717) is 5.88 Å². The maximum atomic E-state index is 13.1. The molecule has 5 nitrogen and oxygen atoms in total. The predicted octanol–water partition coefficient (Wildman–Crippen LogP) is 2.72. The molecule has 0 N–H and O–H groups in total. The van der Waals surface area contributed by atoms with E-state index in [1.165, 1.54) is 4.68 Å². The number of nitro benzene ring substituents is 1. The van der Waals surface area contributed by atoms with E-state index in [9.17, 15) is 14.5 Å². The van der Waals surface area contributed by atoms with Crippen LogP contribution in [0.1, 0.15) is 11.1 Å². The van der Waals surface area contributed by atoms with Crippen molar-refractivity contribution in [3.63, 3.8) is 0 Å². The summed E-state index contributed by atoms with van der Waals surface area (Å²) >= 11 is 5.63. The number of benzene rings is 1. The predicted molar refractivity (Wildman–Crippen MR) is 63.9 cm³/mol. The molecule has 0 aliphatic heterocycles. The number of aromatic nitrogens is 2. The number of hydrogen-bond donors (Lipinski definition) is 0. The number of halogens is 2. The van der Waals surface area contributed by atoms with Crippen LogP contribution >= 0.6 is 11.6 Å². The summed E-state index contributed by atoms with van der Waals surface area (Å²) in [4.78, 5) is 10.3. The van der Waals surface area contributed by atoms with Crippen LogP contribution < -0.4 is 0 Å². The van der Waals surface area contributed by atoms with Gasteiger partial charge in [-0.05, 0) is 12.1 Å². The smallest absolute Gasteiger partial charge is 0.268 e. The highest BCUT2D eigenvalue weighted by Gasteiger charge is 2.15. The van der Waals surface area contributed by atoms with Gasteiger partial charge >= 0.3 is 0 Å². The second-order valence-corrected chi connectivity index (χ2v) is 3.98. The van der Waals surface area contributed by atoms with Crippen molar-refractivity contribution in [2.24, 2.45) is 0 Å². The van der Waals surface area contributed by atoms with E-state index in [1.807, 2.05) is 0 Å². The molecule has 1 heterocycles. The fourth-order valence-corrected chi connectivity index (χ4v) is 1.73. The van der Waals surface area contributed by atoms with Crippen molar-refractivity contribution in [3.8, 4) is 0 Å². The van der Waals surface area contributed by atoms with Crippen LogP contribution in [0.3, 0.4) is 0 Å². The second-order valence-electron chi connectivity index (χ2n) is 3.71. The molecule has 0 atom stereocenters. The van der Waals surface area contributed by atoms with Crippen LogP contribution in [0.15, 0.2) is 30.6 Å². The lowest BCUT2D eigenvalue weighted by Gasteiger charge is -2.03. The fourth-order valence-electron chi connectivity index (χ4n) is 1.60. The lowest BCUT2D eigenvalue weighted by molar-refractivity contribution is -0.385. The molecule has 0 aliphatic rings. The summed E-state index contributed by atoms with van der Waals surface area (Å²) in [6, 6.07) is 3.35. The average molecular weight is 270 g/mol. The van der Waals surface area contributed by atoms with Crippen molar-refractivity contribution in [1.29, 1.82) is 0 Å². The van der Waals surface area contributed by atoms with Crippen LogP contribution in [-0.2, 0) is 12.4 Å². The topological polar surface area (TPSA) is 61.0 Å². The zero-order valence-corrected chi connectivity index (χ0v) is 9.97. The Labute approximate surface area is 107 Å². The van der Waals surface area contributed by atoms with Crippen molar-refractivity contribution in [3.05, 3.63) is 57.7 Å². The molecule has 0 spiro atoms. The summed E-state index contributed by atoms with van der Waals surface area (Å²) in [5.74, 6) is -0.203. The summed E-state index contributed by atoms with van der Waals surface area (Å²) in [6.45, 7) is 0.130. The zero-order valence-electron chi connectivity index (χ0n) is 9.22.